The van der Waals surface area contributed by atoms with Crippen LogP contribution in [-0.4, -0.2) is 11.7 Å². The van der Waals surface area contributed by atoms with E-state index in [0.717, 1.165) is 11.7 Å². The van der Waals surface area contributed by atoms with E-state index in [0.29, 0.717) is 0 Å². The number of hydrogen-bond donors (Lipinski definition) is 0. The van der Waals surface area contributed by atoms with Crippen molar-refractivity contribution in [3.8, 4) is 0 Å². The van der Waals surface area contributed by atoms with E-state index >= 15 is 0 Å². The van der Waals surface area contributed by atoms with Gasteiger partial charge in [0.2, 0.25) is 0 Å². The van der Waals surface area contributed by atoms with E-state index in [4.69, 9.17) is 4.99 Å². The SMILES string of the molecule is c1ccc([C@H]2CN3C(=N2)Sc2ccccc23)cc1. The summed E-state index contributed by atoms with van der Waals surface area (Å²) in [5.41, 5.74) is 2.61. The lowest BCUT2D eigenvalue weighted by Gasteiger charge is -2.14. The first kappa shape index (κ1) is 10.2. The van der Waals surface area contributed by atoms with Crippen molar-refractivity contribution in [3.63, 3.8) is 0 Å². The topological polar surface area (TPSA) is 15.6 Å². The fourth-order valence-electron chi connectivity index (χ4n) is 2.50. The molecule has 0 bridgehead atoms. The molecule has 2 heterocycles. The van der Waals surface area contributed by atoms with Crippen molar-refractivity contribution in [1.82, 2.24) is 0 Å². The number of nitrogens with zero attached hydrogens (tertiary/aromatic N) is 2. The lowest BCUT2D eigenvalue weighted by Crippen LogP contribution is -2.21. The Hall–Kier alpha value is -1.74. The Labute approximate surface area is 110 Å². The molecule has 2 aliphatic rings. The number of fused-ring (bicyclic) bond motifs is 3. The molecule has 2 aliphatic heterocycles. The van der Waals surface area contributed by atoms with Gasteiger partial charge in [-0.1, -0.05) is 42.5 Å². The normalized spacial score (nSPS) is 20.6. The van der Waals surface area contributed by atoms with Gasteiger partial charge in [-0.15, -0.1) is 0 Å². The molecule has 1 atom stereocenters. The van der Waals surface area contributed by atoms with Crippen molar-refractivity contribution < 1.29 is 0 Å². The molecule has 0 spiro atoms. The molecule has 2 aromatic rings. The lowest BCUT2D eigenvalue weighted by molar-refractivity contribution is 0.778. The standard InChI is InChI=1S/C15H12N2S/c1-2-6-11(7-3-1)12-10-17-13-8-4-5-9-14(13)18-15(17)16-12/h1-9,12H,10H2/t12-/m1/s1. The predicted molar refractivity (Wildman–Crippen MR) is 76.3 cm³/mol. The van der Waals surface area contributed by atoms with Crippen LogP contribution in [0, 0.1) is 0 Å². The summed E-state index contributed by atoms with van der Waals surface area (Å²) >= 11 is 1.78. The molecule has 0 aromatic heterocycles. The summed E-state index contributed by atoms with van der Waals surface area (Å²) in [4.78, 5) is 8.49. The maximum absolute atomic E-state index is 4.84. The first-order valence-electron chi connectivity index (χ1n) is 6.09. The highest BCUT2D eigenvalue weighted by Gasteiger charge is 2.34. The summed E-state index contributed by atoms with van der Waals surface area (Å²) in [6.45, 7) is 0.962. The largest absolute Gasteiger partial charge is 0.317 e. The van der Waals surface area contributed by atoms with Crippen LogP contribution >= 0.6 is 11.8 Å². The monoisotopic (exact) mass is 252 g/mol. The maximum atomic E-state index is 4.84. The molecule has 0 amide bonds. The van der Waals surface area contributed by atoms with Gasteiger partial charge in [-0.05, 0) is 29.5 Å². The fraction of sp³-hybridized carbons (Fsp3) is 0.133. The average Bonchev–Trinajstić information content (AvgIpc) is 2.97. The molecular formula is C15H12N2S. The van der Waals surface area contributed by atoms with E-state index in [-0.39, 0.29) is 6.04 Å². The third kappa shape index (κ3) is 1.47. The molecule has 4 rings (SSSR count). The molecular weight excluding hydrogens is 240 g/mol. The summed E-state index contributed by atoms with van der Waals surface area (Å²) in [6.07, 6.45) is 0. The first-order valence-corrected chi connectivity index (χ1v) is 6.90. The van der Waals surface area contributed by atoms with E-state index < -0.39 is 0 Å². The molecule has 0 unspecified atom stereocenters. The van der Waals surface area contributed by atoms with Crippen molar-refractivity contribution in [2.24, 2.45) is 4.99 Å². The highest BCUT2D eigenvalue weighted by atomic mass is 32.2. The summed E-state index contributed by atoms with van der Waals surface area (Å²) < 4.78 is 0. The van der Waals surface area contributed by atoms with Crippen molar-refractivity contribution in [2.75, 3.05) is 11.4 Å². The summed E-state index contributed by atoms with van der Waals surface area (Å²) in [7, 11) is 0. The number of rotatable bonds is 1. The van der Waals surface area contributed by atoms with E-state index in [2.05, 4.69) is 59.5 Å². The highest BCUT2D eigenvalue weighted by molar-refractivity contribution is 8.14. The quantitative estimate of drug-likeness (QED) is 0.769. The van der Waals surface area contributed by atoms with Crippen LogP contribution in [0.4, 0.5) is 5.69 Å². The second kappa shape index (κ2) is 3.89. The van der Waals surface area contributed by atoms with Gasteiger partial charge in [-0.25, -0.2) is 0 Å². The molecule has 0 aliphatic carbocycles. The predicted octanol–water partition coefficient (Wildman–Crippen LogP) is 3.71. The molecule has 0 fully saturated rings. The Morgan fingerprint density at radius 3 is 2.67 bits per heavy atom. The van der Waals surface area contributed by atoms with E-state index in [1.165, 1.54) is 16.1 Å². The van der Waals surface area contributed by atoms with Crippen LogP contribution in [0.2, 0.25) is 0 Å². The zero-order chi connectivity index (χ0) is 11.9. The molecule has 2 aromatic carbocycles. The van der Waals surface area contributed by atoms with Crippen LogP contribution in [0.1, 0.15) is 11.6 Å². The number of aliphatic imine (C=N–C) groups is 1. The van der Waals surface area contributed by atoms with Gasteiger partial charge in [0, 0.05) is 4.90 Å². The summed E-state index contributed by atoms with van der Waals surface area (Å²) in [5, 5.41) is 1.14. The highest BCUT2D eigenvalue weighted by Crippen LogP contribution is 2.44. The second-order valence-corrected chi connectivity index (χ2v) is 5.53. The van der Waals surface area contributed by atoms with Gasteiger partial charge in [0.1, 0.15) is 0 Å². The number of amidine groups is 1. The van der Waals surface area contributed by atoms with Crippen LogP contribution in [0.3, 0.4) is 0 Å². The smallest absolute Gasteiger partial charge is 0.169 e. The van der Waals surface area contributed by atoms with Gasteiger partial charge in [-0.3, -0.25) is 4.99 Å². The average molecular weight is 252 g/mol. The minimum Gasteiger partial charge on any atom is -0.317 e. The summed E-state index contributed by atoms with van der Waals surface area (Å²) in [6, 6.07) is 19.3. The van der Waals surface area contributed by atoms with Gasteiger partial charge in [0.05, 0.1) is 18.3 Å². The van der Waals surface area contributed by atoms with E-state index in [1.54, 1.807) is 11.8 Å². The fourth-order valence-corrected chi connectivity index (χ4v) is 3.59. The lowest BCUT2D eigenvalue weighted by atomic mass is 10.1. The third-order valence-corrected chi connectivity index (χ3v) is 4.47. The third-order valence-electron chi connectivity index (χ3n) is 3.39. The number of para-hydroxylation sites is 1. The van der Waals surface area contributed by atoms with Gasteiger partial charge < -0.3 is 4.90 Å². The van der Waals surface area contributed by atoms with E-state index in [1.807, 2.05) is 0 Å². The van der Waals surface area contributed by atoms with Gasteiger partial charge in [0.25, 0.3) is 0 Å². The number of benzene rings is 2. The zero-order valence-corrected chi connectivity index (χ0v) is 10.6. The minimum atomic E-state index is 0.280. The van der Waals surface area contributed by atoms with Crippen molar-refractivity contribution in [1.29, 1.82) is 0 Å². The van der Waals surface area contributed by atoms with Gasteiger partial charge in [-0.2, -0.15) is 0 Å². The Balaban J connectivity index is 1.69. The molecule has 0 N–H and O–H groups in total. The van der Waals surface area contributed by atoms with E-state index in [9.17, 15) is 0 Å². The summed E-state index contributed by atoms with van der Waals surface area (Å²) in [5.74, 6) is 0. The van der Waals surface area contributed by atoms with Crippen LogP contribution in [0.25, 0.3) is 0 Å². The number of hydrogen-bond acceptors (Lipinski definition) is 3. The van der Waals surface area contributed by atoms with Crippen LogP contribution in [0.5, 0.6) is 0 Å². The van der Waals surface area contributed by atoms with Crippen LogP contribution < -0.4 is 4.90 Å². The maximum Gasteiger partial charge on any atom is 0.169 e. The van der Waals surface area contributed by atoms with Gasteiger partial charge >= 0.3 is 0 Å². The van der Waals surface area contributed by atoms with Crippen LogP contribution in [-0.2, 0) is 0 Å². The molecule has 0 saturated heterocycles. The molecule has 2 nitrogen and oxygen atoms in total. The minimum absolute atomic E-state index is 0.280. The Kier molecular flexibility index (Phi) is 2.20. The zero-order valence-electron chi connectivity index (χ0n) is 9.78. The molecule has 0 saturated carbocycles. The Morgan fingerprint density at radius 1 is 1.00 bits per heavy atom. The molecule has 0 radical (unpaired) electrons. The first-order chi connectivity index (χ1) is 8.92. The second-order valence-electron chi connectivity index (χ2n) is 4.52. The molecule has 88 valence electrons. The van der Waals surface area contributed by atoms with Crippen molar-refractivity contribution >= 4 is 22.6 Å². The van der Waals surface area contributed by atoms with Gasteiger partial charge in [0.15, 0.2) is 5.17 Å². The van der Waals surface area contributed by atoms with Crippen LogP contribution in [0.15, 0.2) is 64.5 Å². The Bertz CT molecular complexity index is 621. The molecule has 18 heavy (non-hydrogen) atoms. The number of anilines is 1. The number of thioether (sulfide) groups is 1. The molecule has 3 heteroatoms. The van der Waals surface area contributed by atoms with Crippen molar-refractivity contribution in [3.05, 3.63) is 60.2 Å². The van der Waals surface area contributed by atoms with Crippen molar-refractivity contribution in [2.45, 2.75) is 10.9 Å². The Morgan fingerprint density at radius 2 is 1.78 bits per heavy atom.